The number of urea groups is 1. The minimum absolute atomic E-state index is 0.0842. The highest BCUT2D eigenvalue weighted by Gasteiger charge is 2.22. The van der Waals surface area contributed by atoms with Gasteiger partial charge in [-0.1, -0.05) is 20.8 Å². The molecule has 0 atom stereocenters. The molecule has 0 saturated heterocycles. The van der Waals surface area contributed by atoms with Gasteiger partial charge in [0.15, 0.2) is 0 Å². The first kappa shape index (κ1) is 20.8. The van der Waals surface area contributed by atoms with Gasteiger partial charge < -0.3 is 9.88 Å². The van der Waals surface area contributed by atoms with E-state index in [9.17, 15) is 22.8 Å². The van der Waals surface area contributed by atoms with Crippen molar-refractivity contribution >= 4 is 22.0 Å². The summed E-state index contributed by atoms with van der Waals surface area (Å²) in [6, 6.07) is 1.63. The number of hydrogen-bond donors (Lipinski definition) is 2. The van der Waals surface area contributed by atoms with Crippen LogP contribution in [0.5, 0.6) is 0 Å². The van der Waals surface area contributed by atoms with Crippen molar-refractivity contribution in [2.24, 2.45) is 0 Å². The monoisotopic (exact) mass is 372 g/mol. The van der Waals surface area contributed by atoms with E-state index >= 15 is 0 Å². The Bertz CT molecular complexity index is 768. The maximum Gasteiger partial charge on any atom is 0.321 e. The molecule has 25 heavy (non-hydrogen) atoms. The standard InChI is InChI=1S/C15H24N4O5S/c1-4-9-16-15(22)17-13(20)11-18-10-12(7-8-14(18)21)25(23,24)19(5-2)6-3/h7-8,10H,4-6,9,11H2,1-3H3,(H2,16,17,20,22). The highest BCUT2D eigenvalue weighted by Crippen LogP contribution is 2.13. The Labute approximate surface area is 147 Å². The Kier molecular flexibility index (Phi) is 7.78. The number of pyridine rings is 1. The molecule has 0 unspecified atom stereocenters. The summed E-state index contributed by atoms with van der Waals surface area (Å²) in [5, 5.41) is 4.55. The van der Waals surface area contributed by atoms with E-state index in [1.165, 1.54) is 10.4 Å². The zero-order valence-electron chi connectivity index (χ0n) is 14.6. The normalized spacial score (nSPS) is 11.4. The van der Waals surface area contributed by atoms with Crippen molar-refractivity contribution in [1.82, 2.24) is 19.5 Å². The van der Waals surface area contributed by atoms with E-state index < -0.39 is 34.1 Å². The predicted molar refractivity (Wildman–Crippen MR) is 92.6 cm³/mol. The molecule has 0 aliphatic carbocycles. The molecule has 0 aromatic carbocycles. The van der Waals surface area contributed by atoms with Gasteiger partial charge in [-0.3, -0.25) is 14.9 Å². The third-order valence-electron chi connectivity index (χ3n) is 3.40. The average molecular weight is 372 g/mol. The molecule has 1 rings (SSSR count). The van der Waals surface area contributed by atoms with E-state index in [4.69, 9.17) is 0 Å². The molecule has 0 bridgehead atoms. The van der Waals surface area contributed by atoms with E-state index in [-0.39, 0.29) is 18.0 Å². The third-order valence-corrected chi connectivity index (χ3v) is 5.44. The molecule has 0 saturated carbocycles. The number of hydrogen-bond acceptors (Lipinski definition) is 5. The van der Waals surface area contributed by atoms with Crippen LogP contribution in [0.2, 0.25) is 0 Å². The van der Waals surface area contributed by atoms with Gasteiger partial charge in [0.25, 0.3) is 5.56 Å². The van der Waals surface area contributed by atoms with Crippen molar-refractivity contribution in [2.75, 3.05) is 19.6 Å². The molecule has 3 amide bonds. The summed E-state index contributed by atoms with van der Waals surface area (Å²) in [7, 11) is -3.75. The van der Waals surface area contributed by atoms with Crippen LogP contribution < -0.4 is 16.2 Å². The second-order valence-corrected chi connectivity index (χ2v) is 7.16. The Hall–Kier alpha value is -2.20. The van der Waals surface area contributed by atoms with Gasteiger partial charge in [-0.15, -0.1) is 0 Å². The molecule has 0 spiro atoms. The highest BCUT2D eigenvalue weighted by molar-refractivity contribution is 7.89. The van der Waals surface area contributed by atoms with Crippen LogP contribution in [0, 0.1) is 0 Å². The lowest BCUT2D eigenvalue weighted by atomic mass is 10.4. The first-order chi connectivity index (χ1) is 11.8. The van der Waals surface area contributed by atoms with Gasteiger partial charge in [0.1, 0.15) is 6.54 Å². The van der Waals surface area contributed by atoms with Crippen molar-refractivity contribution in [3.63, 3.8) is 0 Å². The molecular weight excluding hydrogens is 348 g/mol. The molecule has 1 heterocycles. The number of nitrogens with zero attached hydrogens (tertiary/aromatic N) is 2. The molecule has 0 fully saturated rings. The zero-order chi connectivity index (χ0) is 19.0. The van der Waals surface area contributed by atoms with Crippen molar-refractivity contribution < 1.29 is 18.0 Å². The number of carbonyl (C=O) groups excluding carboxylic acids is 2. The Morgan fingerprint density at radius 2 is 1.80 bits per heavy atom. The van der Waals surface area contributed by atoms with Gasteiger partial charge >= 0.3 is 6.03 Å². The summed E-state index contributed by atoms with van der Waals surface area (Å²) in [4.78, 5) is 35.1. The summed E-state index contributed by atoms with van der Waals surface area (Å²) in [6.07, 6.45) is 1.83. The van der Waals surface area contributed by atoms with E-state index in [2.05, 4.69) is 10.6 Å². The van der Waals surface area contributed by atoms with Crippen LogP contribution in [0.1, 0.15) is 27.2 Å². The second kappa shape index (κ2) is 9.33. The third kappa shape index (κ3) is 5.68. The predicted octanol–water partition coefficient (Wildman–Crippen LogP) is 0.115. The number of amides is 3. The van der Waals surface area contributed by atoms with E-state index in [0.29, 0.717) is 13.0 Å². The number of imide groups is 1. The summed E-state index contributed by atoms with van der Waals surface area (Å²) in [6.45, 7) is 5.81. The topological polar surface area (TPSA) is 118 Å². The van der Waals surface area contributed by atoms with Gasteiger partial charge in [0.2, 0.25) is 15.9 Å². The molecule has 1 aromatic heterocycles. The van der Waals surface area contributed by atoms with Crippen LogP contribution in [-0.2, 0) is 21.4 Å². The summed E-state index contributed by atoms with van der Waals surface area (Å²) >= 11 is 0. The Balaban J connectivity index is 2.97. The van der Waals surface area contributed by atoms with Gasteiger partial charge in [0.05, 0.1) is 4.90 Å². The Morgan fingerprint density at radius 3 is 2.36 bits per heavy atom. The second-order valence-electron chi connectivity index (χ2n) is 5.22. The minimum Gasteiger partial charge on any atom is -0.338 e. The summed E-state index contributed by atoms with van der Waals surface area (Å²) < 4.78 is 27.2. The fraction of sp³-hybridized carbons (Fsp3) is 0.533. The number of nitrogens with one attached hydrogen (secondary N) is 2. The van der Waals surface area contributed by atoms with Crippen LogP contribution in [0.3, 0.4) is 0 Å². The molecule has 0 aliphatic rings. The number of carbonyl (C=O) groups is 2. The van der Waals surface area contributed by atoms with Crippen LogP contribution in [0.25, 0.3) is 0 Å². The summed E-state index contributed by atoms with van der Waals surface area (Å²) in [5.41, 5.74) is -0.539. The largest absolute Gasteiger partial charge is 0.338 e. The fourth-order valence-electron chi connectivity index (χ4n) is 2.10. The van der Waals surface area contributed by atoms with E-state index in [0.717, 1.165) is 16.8 Å². The van der Waals surface area contributed by atoms with Crippen molar-refractivity contribution in [3.8, 4) is 0 Å². The number of aromatic nitrogens is 1. The molecule has 10 heteroatoms. The molecule has 1 aromatic rings. The quantitative estimate of drug-likeness (QED) is 0.672. The van der Waals surface area contributed by atoms with Gasteiger partial charge in [-0.25, -0.2) is 13.2 Å². The van der Waals surface area contributed by atoms with Crippen LogP contribution in [0.15, 0.2) is 28.0 Å². The maximum absolute atomic E-state index is 12.5. The lowest BCUT2D eigenvalue weighted by Crippen LogP contribution is -2.42. The molecule has 0 radical (unpaired) electrons. The smallest absolute Gasteiger partial charge is 0.321 e. The molecular formula is C15H24N4O5S. The van der Waals surface area contributed by atoms with Gasteiger partial charge in [-0.05, 0) is 12.5 Å². The number of rotatable bonds is 8. The Morgan fingerprint density at radius 1 is 1.16 bits per heavy atom. The first-order valence-corrected chi connectivity index (χ1v) is 9.48. The highest BCUT2D eigenvalue weighted by atomic mass is 32.2. The van der Waals surface area contributed by atoms with Gasteiger partial charge in [-0.2, -0.15) is 4.31 Å². The average Bonchev–Trinajstić information content (AvgIpc) is 2.55. The maximum atomic E-state index is 12.5. The van der Waals surface area contributed by atoms with Crippen LogP contribution in [-0.4, -0.2) is 48.9 Å². The van der Waals surface area contributed by atoms with E-state index in [1.54, 1.807) is 13.8 Å². The molecule has 140 valence electrons. The van der Waals surface area contributed by atoms with Crippen LogP contribution in [0.4, 0.5) is 4.79 Å². The van der Waals surface area contributed by atoms with Gasteiger partial charge in [0, 0.05) is 31.9 Å². The zero-order valence-corrected chi connectivity index (χ0v) is 15.4. The van der Waals surface area contributed by atoms with Crippen molar-refractivity contribution in [2.45, 2.75) is 38.6 Å². The van der Waals surface area contributed by atoms with E-state index in [1.807, 2.05) is 6.92 Å². The SMILES string of the molecule is CCCNC(=O)NC(=O)Cn1cc(S(=O)(=O)N(CC)CC)ccc1=O. The van der Waals surface area contributed by atoms with Crippen molar-refractivity contribution in [3.05, 3.63) is 28.7 Å². The van der Waals surface area contributed by atoms with Crippen LogP contribution >= 0.6 is 0 Å². The summed E-state index contributed by atoms with van der Waals surface area (Å²) in [5.74, 6) is -0.715. The molecule has 2 N–H and O–H groups in total. The lowest BCUT2D eigenvalue weighted by Gasteiger charge is -2.19. The fourth-order valence-corrected chi connectivity index (χ4v) is 3.58. The molecule has 9 nitrogen and oxygen atoms in total. The van der Waals surface area contributed by atoms with Crippen molar-refractivity contribution in [1.29, 1.82) is 0 Å². The lowest BCUT2D eigenvalue weighted by molar-refractivity contribution is -0.120. The molecule has 0 aliphatic heterocycles. The first-order valence-electron chi connectivity index (χ1n) is 8.04. The minimum atomic E-state index is -3.75. The number of sulfonamides is 1.